The van der Waals surface area contributed by atoms with Crippen molar-refractivity contribution in [1.82, 2.24) is 19.4 Å². The Bertz CT molecular complexity index is 855. The Kier molecular flexibility index (Phi) is 5.08. The number of aliphatic hydroxyl groups is 1. The van der Waals surface area contributed by atoms with Crippen LogP contribution in [0, 0.1) is 0 Å². The lowest BCUT2D eigenvalue weighted by Gasteiger charge is -2.13. The van der Waals surface area contributed by atoms with E-state index < -0.39 is 6.10 Å². The molecule has 9 heteroatoms. The van der Waals surface area contributed by atoms with Crippen LogP contribution < -0.4 is 11.1 Å². The van der Waals surface area contributed by atoms with Crippen molar-refractivity contribution in [3.8, 4) is 0 Å². The number of nitrogens with two attached hydrogens (primary N) is 1. The summed E-state index contributed by atoms with van der Waals surface area (Å²) in [5.74, 6) is 0.917. The lowest BCUT2D eigenvalue weighted by Crippen LogP contribution is -2.20. The first-order valence-corrected chi connectivity index (χ1v) is 8.61. The Labute approximate surface area is 148 Å². The fraction of sp³-hybridized carbons (Fsp3) is 0.267. The number of fused-ring (bicyclic) bond motifs is 1. The second-order valence-corrected chi connectivity index (χ2v) is 6.58. The average Bonchev–Trinajstić information content (AvgIpc) is 3.08. The van der Waals surface area contributed by atoms with E-state index in [1.807, 2.05) is 17.5 Å². The maximum atomic E-state index is 9.70. The van der Waals surface area contributed by atoms with Crippen LogP contribution in [0.2, 0.25) is 5.02 Å². The third kappa shape index (κ3) is 3.40. The van der Waals surface area contributed by atoms with Crippen molar-refractivity contribution in [3.05, 3.63) is 35.9 Å². The zero-order chi connectivity index (χ0) is 17.1. The summed E-state index contributed by atoms with van der Waals surface area (Å²) >= 11 is 7.63. The van der Waals surface area contributed by atoms with E-state index in [2.05, 4.69) is 20.3 Å². The lowest BCUT2D eigenvalue weighted by atomic mass is 10.3. The molecule has 24 heavy (non-hydrogen) atoms. The summed E-state index contributed by atoms with van der Waals surface area (Å²) in [6.07, 6.45) is 7.11. The molecule has 0 aliphatic rings. The van der Waals surface area contributed by atoms with Crippen molar-refractivity contribution in [2.45, 2.75) is 29.2 Å². The Morgan fingerprint density at radius 1 is 1.33 bits per heavy atom. The van der Waals surface area contributed by atoms with Gasteiger partial charge in [-0.15, -0.1) is 0 Å². The van der Waals surface area contributed by atoms with Crippen LogP contribution in [-0.2, 0) is 0 Å². The first-order valence-electron chi connectivity index (χ1n) is 7.42. The highest BCUT2D eigenvalue weighted by Gasteiger charge is 2.13. The van der Waals surface area contributed by atoms with Crippen molar-refractivity contribution in [2.75, 3.05) is 17.6 Å². The molecule has 0 spiro atoms. The van der Waals surface area contributed by atoms with Gasteiger partial charge < -0.3 is 16.2 Å². The molecule has 3 aromatic heterocycles. The highest BCUT2D eigenvalue weighted by Crippen LogP contribution is 2.36. The predicted molar refractivity (Wildman–Crippen MR) is 95.6 cm³/mol. The average molecular weight is 365 g/mol. The van der Waals surface area contributed by atoms with Gasteiger partial charge in [-0.3, -0.25) is 4.40 Å². The normalized spacial score (nSPS) is 12.5. The Balaban J connectivity index is 1.90. The van der Waals surface area contributed by atoms with Crippen molar-refractivity contribution in [1.29, 1.82) is 0 Å². The van der Waals surface area contributed by atoms with Crippen molar-refractivity contribution in [3.63, 3.8) is 0 Å². The number of hydrogen-bond donors (Lipinski definition) is 3. The molecule has 3 rings (SSSR count). The number of aromatic nitrogens is 4. The SMILES string of the molecule is CCC(O)CNc1ncc(Sc2ccnc(N)c2Cl)c2nccn12. The molecule has 0 aromatic carbocycles. The van der Waals surface area contributed by atoms with Gasteiger partial charge in [-0.25, -0.2) is 15.0 Å². The second-order valence-electron chi connectivity index (χ2n) is 5.12. The van der Waals surface area contributed by atoms with Gasteiger partial charge in [-0.1, -0.05) is 30.3 Å². The number of aliphatic hydroxyl groups excluding tert-OH is 1. The largest absolute Gasteiger partial charge is 0.391 e. The van der Waals surface area contributed by atoms with Gasteiger partial charge in [0.05, 0.1) is 16.0 Å². The van der Waals surface area contributed by atoms with Crippen LogP contribution in [0.4, 0.5) is 11.8 Å². The third-order valence-corrected chi connectivity index (χ3v) is 5.04. The number of imidazole rings is 1. The van der Waals surface area contributed by atoms with Gasteiger partial charge in [0.15, 0.2) is 5.65 Å². The van der Waals surface area contributed by atoms with E-state index in [0.717, 1.165) is 15.4 Å². The minimum atomic E-state index is -0.418. The second kappa shape index (κ2) is 7.25. The van der Waals surface area contributed by atoms with Gasteiger partial charge in [0.25, 0.3) is 0 Å². The molecular weight excluding hydrogens is 348 g/mol. The zero-order valence-corrected chi connectivity index (χ0v) is 14.6. The molecule has 126 valence electrons. The van der Waals surface area contributed by atoms with E-state index in [1.165, 1.54) is 11.8 Å². The summed E-state index contributed by atoms with van der Waals surface area (Å²) in [4.78, 5) is 14.4. The monoisotopic (exact) mass is 364 g/mol. The van der Waals surface area contributed by atoms with Gasteiger partial charge in [0.1, 0.15) is 5.82 Å². The number of anilines is 2. The summed E-state index contributed by atoms with van der Waals surface area (Å²) in [7, 11) is 0. The number of nitrogens with one attached hydrogen (secondary N) is 1. The van der Waals surface area contributed by atoms with E-state index in [9.17, 15) is 5.11 Å². The number of halogens is 1. The van der Waals surface area contributed by atoms with Gasteiger partial charge in [-0.05, 0) is 12.5 Å². The minimum Gasteiger partial charge on any atom is -0.391 e. The van der Waals surface area contributed by atoms with Crippen LogP contribution in [0.3, 0.4) is 0 Å². The first-order chi connectivity index (χ1) is 11.6. The minimum absolute atomic E-state index is 0.292. The number of hydrogen-bond acceptors (Lipinski definition) is 7. The lowest BCUT2D eigenvalue weighted by molar-refractivity contribution is 0.183. The van der Waals surface area contributed by atoms with Gasteiger partial charge in [0, 0.05) is 36.2 Å². The van der Waals surface area contributed by atoms with Crippen LogP contribution in [-0.4, -0.2) is 37.1 Å². The maximum Gasteiger partial charge on any atom is 0.208 e. The zero-order valence-electron chi connectivity index (χ0n) is 13.0. The molecule has 0 bridgehead atoms. The van der Waals surface area contributed by atoms with E-state index in [0.29, 0.717) is 29.8 Å². The quantitative estimate of drug-likeness (QED) is 0.618. The fourth-order valence-corrected chi connectivity index (χ4v) is 3.23. The van der Waals surface area contributed by atoms with Crippen molar-refractivity contribution >= 4 is 40.8 Å². The summed E-state index contributed by atoms with van der Waals surface area (Å²) in [5.41, 5.74) is 6.49. The Hall–Kier alpha value is -2.03. The smallest absolute Gasteiger partial charge is 0.208 e. The molecule has 4 N–H and O–H groups in total. The summed E-state index contributed by atoms with van der Waals surface area (Å²) < 4.78 is 1.84. The maximum absolute atomic E-state index is 9.70. The first kappa shape index (κ1) is 16.8. The number of pyridine rings is 1. The predicted octanol–water partition coefficient (Wildman–Crippen LogP) is 2.69. The molecule has 1 unspecified atom stereocenters. The van der Waals surface area contributed by atoms with Crippen molar-refractivity contribution < 1.29 is 5.11 Å². The molecule has 0 aliphatic heterocycles. The molecule has 0 amide bonds. The number of nitrogens with zero attached hydrogens (tertiary/aromatic N) is 4. The highest BCUT2D eigenvalue weighted by atomic mass is 35.5. The highest BCUT2D eigenvalue weighted by molar-refractivity contribution is 7.99. The van der Waals surface area contributed by atoms with Gasteiger partial charge in [-0.2, -0.15) is 0 Å². The molecule has 0 aliphatic carbocycles. The molecule has 7 nitrogen and oxygen atoms in total. The molecular formula is C15H17ClN6OS. The summed E-state index contributed by atoms with van der Waals surface area (Å²) in [5, 5.41) is 13.2. The molecule has 3 aromatic rings. The van der Waals surface area contributed by atoms with E-state index in [4.69, 9.17) is 17.3 Å². The Morgan fingerprint density at radius 3 is 2.96 bits per heavy atom. The Morgan fingerprint density at radius 2 is 2.17 bits per heavy atom. The van der Waals surface area contributed by atoms with E-state index in [-0.39, 0.29) is 0 Å². The summed E-state index contributed by atoms with van der Waals surface area (Å²) in [6, 6.07) is 1.80. The molecule has 0 saturated heterocycles. The van der Waals surface area contributed by atoms with Gasteiger partial charge >= 0.3 is 0 Å². The van der Waals surface area contributed by atoms with Crippen LogP contribution in [0.25, 0.3) is 5.65 Å². The topological polar surface area (TPSA) is 101 Å². The van der Waals surface area contributed by atoms with Crippen LogP contribution in [0.15, 0.2) is 40.6 Å². The van der Waals surface area contributed by atoms with Gasteiger partial charge in [0.2, 0.25) is 5.95 Å². The molecule has 0 radical (unpaired) electrons. The van der Waals surface area contributed by atoms with Crippen molar-refractivity contribution in [2.24, 2.45) is 0 Å². The molecule has 3 heterocycles. The van der Waals surface area contributed by atoms with Crippen LogP contribution in [0.1, 0.15) is 13.3 Å². The number of nitrogen functional groups attached to an aromatic ring is 1. The van der Waals surface area contributed by atoms with E-state index >= 15 is 0 Å². The summed E-state index contributed by atoms with van der Waals surface area (Å²) in [6.45, 7) is 2.35. The third-order valence-electron chi connectivity index (χ3n) is 3.46. The number of rotatable bonds is 6. The molecule has 1 atom stereocenters. The fourth-order valence-electron chi connectivity index (χ4n) is 2.09. The van der Waals surface area contributed by atoms with E-state index in [1.54, 1.807) is 24.7 Å². The van der Waals surface area contributed by atoms with Crippen LogP contribution >= 0.6 is 23.4 Å². The van der Waals surface area contributed by atoms with Crippen LogP contribution in [0.5, 0.6) is 0 Å². The molecule has 0 fully saturated rings. The standard InChI is InChI=1S/C15H17ClN6OS/c1-2-9(23)7-20-15-21-8-11(14-19-5-6-22(14)15)24-10-3-4-18-13(17)12(10)16/h3-6,8-9,23H,2,7H2,1H3,(H2,17,18)(H,20,21). The molecule has 0 saturated carbocycles.